The predicted molar refractivity (Wildman–Crippen MR) is 76.3 cm³/mol. The van der Waals surface area contributed by atoms with Crippen molar-refractivity contribution in [3.05, 3.63) is 0 Å². The minimum Gasteiger partial charge on any atom is -0.378 e. The molecule has 2 heterocycles. The SMILES string of the molecule is CC1CCC(CNC2CCOC3(CCOC3)C2)CC1. The van der Waals surface area contributed by atoms with Crippen LogP contribution >= 0.6 is 0 Å². The van der Waals surface area contributed by atoms with Gasteiger partial charge >= 0.3 is 0 Å². The van der Waals surface area contributed by atoms with Gasteiger partial charge in [-0.2, -0.15) is 0 Å². The molecule has 2 aliphatic heterocycles. The summed E-state index contributed by atoms with van der Waals surface area (Å²) in [4.78, 5) is 0. The maximum atomic E-state index is 6.00. The van der Waals surface area contributed by atoms with Crippen LogP contribution in [0, 0.1) is 11.8 Å². The molecule has 0 aromatic heterocycles. The normalized spacial score (nSPS) is 43.7. The van der Waals surface area contributed by atoms with Gasteiger partial charge in [0.15, 0.2) is 0 Å². The van der Waals surface area contributed by atoms with Crippen molar-refractivity contribution >= 4 is 0 Å². The summed E-state index contributed by atoms with van der Waals surface area (Å²) in [6, 6.07) is 0.648. The molecule has 0 amide bonds. The fourth-order valence-electron chi connectivity index (χ4n) is 3.93. The lowest BCUT2D eigenvalue weighted by Gasteiger charge is -2.38. The third kappa shape index (κ3) is 3.50. The second-order valence-electron chi connectivity index (χ2n) is 7.06. The van der Waals surface area contributed by atoms with E-state index in [0.29, 0.717) is 6.04 Å². The summed E-state index contributed by atoms with van der Waals surface area (Å²) in [7, 11) is 0. The van der Waals surface area contributed by atoms with Crippen LogP contribution in [0.5, 0.6) is 0 Å². The van der Waals surface area contributed by atoms with Gasteiger partial charge in [0.2, 0.25) is 0 Å². The van der Waals surface area contributed by atoms with Crippen LogP contribution in [0.2, 0.25) is 0 Å². The summed E-state index contributed by atoms with van der Waals surface area (Å²) in [5.74, 6) is 1.87. The molecule has 0 radical (unpaired) electrons. The van der Waals surface area contributed by atoms with Crippen LogP contribution in [-0.4, -0.2) is 38.0 Å². The van der Waals surface area contributed by atoms with Crippen LogP contribution in [0.25, 0.3) is 0 Å². The minimum absolute atomic E-state index is 0.0526. The van der Waals surface area contributed by atoms with E-state index in [-0.39, 0.29) is 5.60 Å². The Bertz CT molecular complexity index is 280. The van der Waals surface area contributed by atoms with Crippen molar-refractivity contribution in [1.29, 1.82) is 0 Å². The van der Waals surface area contributed by atoms with Crippen molar-refractivity contribution in [2.45, 2.75) is 63.5 Å². The summed E-state index contributed by atoms with van der Waals surface area (Å²) in [6.07, 6.45) is 9.11. The molecular formula is C16H29NO2. The predicted octanol–water partition coefficient (Wildman–Crippen LogP) is 2.74. The summed E-state index contributed by atoms with van der Waals surface area (Å²) in [5, 5.41) is 3.82. The third-order valence-corrected chi connectivity index (χ3v) is 5.39. The van der Waals surface area contributed by atoms with E-state index in [1.165, 1.54) is 38.6 Å². The summed E-state index contributed by atoms with van der Waals surface area (Å²) < 4.78 is 11.5. The van der Waals surface area contributed by atoms with Crippen molar-refractivity contribution < 1.29 is 9.47 Å². The van der Waals surface area contributed by atoms with Crippen molar-refractivity contribution in [2.75, 3.05) is 26.4 Å². The molecule has 3 heteroatoms. The van der Waals surface area contributed by atoms with E-state index in [1.807, 2.05) is 0 Å². The second-order valence-corrected chi connectivity index (χ2v) is 7.06. The Morgan fingerprint density at radius 1 is 1.11 bits per heavy atom. The van der Waals surface area contributed by atoms with Crippen LogP contribution in [0.1, 0.15) is 51.9 Å². The number of rotatable bonds is 3. The summed E-state index contributed by atoms with van der Waals surface area (Å²) in [6.45, 7) is 6.21. The van der Waals surface area contributed by atoms with E-state index in [1.54, 1.807) is 0 Å². The monoisotopic (exact) mass is 267 g/mol. The Labute approximate surface area is 117 Å². The van der Waals surface area contributed by atoms with E-state index in [9.17, 15) is 0 Å². The minimum atomic E-state index is 0.0526. The van der Waals surface area contributed by atoms with Gasteiger partial charge in [0.1, 0.15) is 0 Å². The standard InChI is InChI=1S/C16H29NO2/c1-13-2-4-14(5-3-13)11-17-15-6-8-19-16(10-15)7-9-18-12-16/h13-15,17H,2-12H2,1H3. The highest BCUT2D eigenvalue weighted by molar-refractivity contribution is 4.93. The van der Waals surface area contributed by atoms with Crippen molar-refractivity contribution in [3.8, 4) is 0 Å². The molecule has 3 fully saturated rings. The zero-order valence-corrected chi connectivity index (χ0v) is 12.3. The first-order chi connectivity index (χ1) is 9.26. The molecule has 1 N–H and O–H groups in total. The van der Waals surface area contributed by atoms with Gasteiger partial charge in [-0.05, 0) is 44.1 Å². The van der Waals surface area contributed by atoms with E-state index in [4.69, 9.17) is 9.47 Å². The number of ether oxygens (including phenoxy) is 2. The molecule has 2 atom stereocenters. The Kier molecular flexibility index (Phi) is 4.45. The average Bonchev–Trinajstić information content (AvgIpc) is 2.86. The zero-order valence-electron chi connectivity index (χ0n) is 12.3. The number of hydrogen-bond acceptors (Lipinski definition) is 3. The van der Waals surface area contributed by atoms with Crippen LogP contribution in [0.15, 0.2) is 0 Å². The van der Waals surface area contributed by atoms with Gasteiger partial charge in [0.25, 0.3) is 0 Å². The quantitative estimate of drug-likeness (QED) is 0.853. The van der Waals surface area contributed by atoms with E-state index in [0.717, 1.165) is 44.5 Å². The number of nitrogens with one attached hydrogen (secondary N) is 1. The first-order valence-electron chi connectivity index (χ1n) is 8.21. The number of hydrogen-bond donors (Lipinski definition) is 1. The van der Waals surface area contributed by atoms with E-state index < -0.39 is 0 Å². The van der Waals surface area contributed by atoms with Crippen molar-refractivity contribution in [1.82, 2.24) is 5.32 Å². The maximum absolute atomic E-state index is 6.00. The van der Waals surface area contributed by atoms with E-state index in [2.05, 4.69) is 12.2 Å². The first kappa shape index (κ1) is 13.8. The first-order valence-corrected chi connectivity index (χ1v) is 8.21. The van der Waals surface area contributed by atoms with Gasteiger partial charge in [-0.25, -0.2) is 0 Å². The van der Waals surface area contributed by atoms with E-state index >= 15 is 0 Å². The molecule has 2 unspecified atom stereocenters. The molecule has 19 heavy (non-hydrogen) atoms. The van der Waals surface area contributed by atoms with Crippen molar-refractivity contribution in [3.63, 3.8) is 0 Å². The topological polar surface area (TPSA) is 30.5 Å². The Hall–Kier alpha value is -0.120. The van der Waals surface area contributed by atoms with Crippen molar-refractivity contribution in [2.24, 2.45) is 11.8 Å². The van der Waals surface area contributed by atoms with Gasteiger partial charge in [-0.15, -0.1) is 0 Å². The van der Waals surface area contributed by atoms with Gasteiger partial charge in [-0.3, -0.25) is 0 Å². The Morgan fingerprint density at radius 2 is 1.95 bits per heavy atom. The van der Waals surface area contributed by atoms with Crippen LogP contribution in [0.3, 0.4) is 0 Å². The molecule has 110 valence electrons. The van der Waals surface area contributed by atoms with Gasteiger partial charge in [0.05, 0.1) is 12.2 Å². The van der Waals surface area contributed by atoms with Crippen LogP contribution < -0.4 is 5.32 Å². The molecule has 1 spiro atoms. The molecule has 0 bridgehead atoms. The lowest BCUT2D eigenvalue weighted by Crippen LogP contribution is -2.48. The molecule has 3 aliphatic rings. The fraction of sp³-hybridized carbons (Fsp3) is 1.00. The van der Waals surface area contributed by atoms with Gasteiger partial charge in [-0.1, -0.05) is 19.8 Å². The molecular weight excluding hydrogens is 238 g/mol. The smallest absolute Gasteiger partial charge is 0.0951 e. The highest BCUT2D eigenvalue weighted by Gasteiger charge is 2.40. The maximum Gasteiger partial charge on any atom is 0.0951 e. The Balaban J connectivity index is 1.42. The molecule has 1 saturated carbocycles. The lowest BCUT2D eigenvalue weighted by atomic mass is 9.82. The zero-order chi connectivity index (χ0) is 13.1. The van der Waals surface area contributed by atoms with Crippen LogP contribution in [0.4, 0.5) is 0 Å². The van der Waals surface area contributed by atoms with Gasteiger partial charge < -0.3 is 14.8 Å². The molecule has 2 saturated heterocycles. The highest BCUT2D eigenvalue weighted by atomic mass is 16.6. The highest BCUT2D eigenvalue weighted by Crippen LogP contribution is 2.33. The summed E-state index contributed by atoms with van der Waals surface area (Å²) in [5.41, 5.74) is 0.0526. The second kappa shape index (κ2) is 6.11. The summed E-state index contributed by atoms with van der Waals surface area (Å²) >= 11 is 0. The molecule has 3 rings (SSSR count). The van der Waals surface area contributed by atoms with Crippen LogP contribution in [-0.2, 0) is 9.47 Å². The lowest BCUT2D eigenvalue weighted by molar-refractivity contribution is -0.0896. The molecule has 3 nitrogen and oxygen atoms in total. The largest absolute Gasteiger partial charge is 0.378 e. The van der Waals surface area contributed by atoms with Gasteiger partial charge in [0, 0.05) is 25.7 Å². The fourth-order valence-corrected chi connectivity index (χ4v) is 3.93. The Morgan fingerprint density at radius 3 is 2.68 bits per heavy atom. The average molecular weight is 267 g/mol. The molecule has 0 aromatic carbocycles. The molecule has 0 aromatic rings. The molecule has 1 aliphatic carbocycles. The third-order valence-electron chi connectivity index (χ3n) is 5.39.